The Morgan fingerprint density at radius 1 is 1.36 bits per heavy atom. The van der Waals surface area contributed by atoms with Crippen LogP contribution in [0.5, 0.6) is 0 Å². The number of rotatable bonds is 2. The van der Waals surface area contributed by atoms with Crippen molar-refractivity contribution in [3.8, 4) is 0 Å². The van der Waals surface area contributed by atoms with Crippen molar-refractivity contribution in [3.63, 3.8) is 0 Å². The van der Waals surface area contributed by atoms with Gasteiger partial charge < -0.3 is 5.73 Å². The van der Waals surface area contributed by atoms with Crippen molar-refractivity contribution in [1.82, 2.24) is 0 Å². The third-order valence-corrected chi connectivity index (χ3v) is 3.39. The Kier molecular flexibility index (Phi) is 3.45. The Balaban J connectivity index is 3.19. The highest BCUT2D eigenvalue weighted by atomic mass is 79.9. The van der Waals surface area contributed by atoms with Crippen molar-refractivity contribution in [1.29, 1.82) is 0 Å². The van der Waals surface area contributed by atoms with Crippen molar-refractivity contribution >= 4 is 21.7 Å². The summed E-state index contributed by atoms with van der Waals surface area (Å²) >= 11 is 3.46. The molecule has 0 saturated carbocycles. The molecule has 1 unspecified atom stereocenters. The fourth-order valence-electron chi connectivity index (χ4n) is 1.35. The van der Waals surface area contributed by atoms with Gasteiger partial charge in [-0.15, -0.1) is 0 Å². The molecule has 1 aromatic carbocycles. The number of ketones is 1. The zero-order valence-corrected chi connectivity index (χ0v) is 10.2. The number of nitrogens with two attached hydrogens (primary N) is 1. The minimum atomic E-state index is -0.435. The lowest BCUT2D eigenvalue weighted by molar-refractivity contribution is 0.0968. The minimum Gasteiger partial charge on any atom is -0.321 e. The van der Waals surface area contributed by atoms with E-state index >= 15 is 0 Å². The smallest absolute Gasteiger partial charge is 0.179 e. The number of carbonyl (C=O) groups is 1. The van der Waals surface area contributed by atoms with Gasteiger partial charge in [0, 0.05) is 10.0 Å². The van der Waals surface area contributed by atoms with Crippen LogP contribution in [0.2, 0.25) is 0 Å². The van der Waals surface area contributed by atoms with E-state index in [0.29, 0.717) is 5.56 Å². The van der Waals surface area contributed by atoms with E-state index in [-0.39, 0.29) is 5.78 Å². The SMILES string of the molecule is Cc1cc(C(=O)C(C)N)cc(C)c1Br. The third kappa shape index (κ3) is 2.22. The molecule has 0 saturated heterocycles. The van der Waals surface area contributed by atoms with Crippen LogP contribution < -0.4 is 5.73 Å². The third-order valence-electron chi connectivity index (χ3n) is 2.13. The highest BCUT2D eigenvalue weighted by Crippen LogP contribution is 2.22. The molecule has 2 nitrogen and oxygen atoms in total. The van der Waals surface area contributed by atoms with Crippen LogP contribution in [-0.4, -0.2) is 11.8 Å². The van der Waals surface area contributed by atoms with E-state index in [2.05, 4.69) is 15.9 Å². The van der Waals surface area contributed by atoms with Gasteiger partial charge in [-0.2, -0.15) is 0 Å². The Morgan fingerprint density at radius 2 is 1.79 bits per heavy atom. The normalized spacial score (nSPS) is 12.6. The maximum atomic E-state index is 11.6. The molecular weight excluding hydrogens is 242 g/mol. The molecule has 0 heterocycles. The van der Waals surface area contributed by atoms with Gasteiger partial charge in [0.1, 0.15) is 0 Å². The van der Waals surface area contributed by atoms with Gasteiger partial charge in [0.15, 0.2) is 5.78 Å². The number of hydrogen-bond donors (Lipinski definition) is 1. The number of hydrogen-bond acceptors (Lipinski definition) is 2. The van der Waals surface area contributed by atoms with E-state index in [9.17, 15) is 4.79 Å². The topological polar surface area (TPSA) is 43.1 Å². The van der Waals surface area contributed by atoms with Gasteiger partial charge in [-0.3, -0.25) is 4.79 Å². The molecule has 3 heteroatoms. The second-order valence-electron chi connectivity index (χ2n) is 3.58. The molecule has 2 N–H and O–H groups in total. The van der Waals surface area contributed by atoms with Crippen LogP contribution in [0, 0.1) is 13.8 Å². The van der Waals surface area contributed by atoms with Gasteiger partial charge in [-0.25, -0.2) is 0 Å². The fraction of sp³-hybridized carbons (Fsp3) is 0.364. The molecule has 0 aliphatic heterocycles. The molecule has 14 heavy (non-hydrogen) atoms. The molecule has 0 amide bonds. The van der Waals surface area contributed by atoms with E-state index < -0.39 is 6.04 Å². The quantitative estimate of drug-likeness (QED) is 0.826. The molecule has 0 aliphatic carbocycles. The summed E-state index contributed by atoms with van der Waals surface area (Å²) in [5, 5.41) is 0. The maximum absolute atomic E-state index is 11.6. The first-order valence-electron chi connectivity index (χ1n) is 4.50. The van der Waals surface area contributed by atoms with Crippen LogP contribution >= 0.6 is 15.9 Å². The van der Waals surface area contributed by atoms with Gasteiger partial charge in [0.2, 0.25) is 0 Å². The lowest BCUT2D eigenvalue weighted by atomic mass is 10.0. The average Bonchev–Trinajstić information content (AvgIpc) is 2.12. The van der Waals surface area contributed by atoms with Crippen molar-refractivity contribution < 1.29 is 4.79 Å². The number of benzene rings is 1. The summed E-state index contributed by atoms with van der Waals surface area (Å²) in [4.78, 5) is 11.6. The van der Waals surface area contributed by atoms with Crippen molar-refractivity contribution in [2.24, 2.45) is 5.73 Å². The highest BCUT2D eigenvalue weighted by Gasteiger charge is 2.12. The molecule has 1 atom stereocenters. The van der Waals surface area contributed by atoms with Gasteiger partial charge in [-0.05, 0) is 44.0 Å². The molecule has 76 valence electrons. The summed E-state index contributed by atoms with van der Waals surface area (Å²) in [7, 11) is 0. The molecule has 0 aliphatic rings. The van der Waals surface area contributed by atoms with Crippen molar-refractivity contribution in [2.45, 2.75) is 26.8 Å². The minimum absolute atomic E-state index is 0.0105. The van der Waals surface area contributed by atoms with Gasteiger partial charge >= 0.3 is 0 Å². The molecule has 0 spiro atoms. The molecule has 0 bridgehead atoms. The van der Waals surface area contributed by atoms with Crippen LogP contribution in [0.1, 0.15) is 28.4 Å². The largest absolute Gasteiger partial charge is 0.321 e. The van der Waals surface area contributed by atoms with Crippen LogP contribution in [0.4, 0.5) is 0 Å². The number of halogens is 1. The van der Waals surface area contributed by atoms with Crippen LogP contribution in [0.25, 0.3) is 0 Å². The maximum Gasteiger partial charge on any atom is 0.179 e. The van der Waals surface area contributed by atoms with E-state index in [1.807, 2.05) is 26.0 Å². The summed E-state index contributed by atoms with van der Waals surface area (Å²) in [5.74, 6) is -0.0105. The summed E-state index contributed by atoms with van der Waals surface area (Å²) in [6.07, 6.45) is 0. The predicted molar refractivity (Wildman–Crippen MR) is 61.6 cm³/mol. The molecule has 0 radical (unpaired) electrons. The summed E-state index contributed by atoms with van der Waals surface area (Å²) in [6.45, 7) is 5.64. The second kappa shape index (κ2) is 4.24. The molecule has 0 aromatic heterocycles. The second-order valence-corrected chi connectivity index (χ2v) is 4.37. The fourth-order valence-corrected chi connectivity index (χ4v) is 1.58. The Labute approximate surface area is 92.6 Å². The van der Waals surface area contributed by atoms with Gasteiger partial charge in [0.25, 0.3) is 0 Å². The summed E-state index contributed by atoms with van der Waals surface area (Å²) < 4.78 is 1.05. The first-order chi connectivity index (χ1) is 6.43. The Hall–Kier alpha value is -0.670. The molecule has 0 fully saturated rings. The summed E-state index contributed by atoms with van der Waals surface area (Å²) in [5.41, 5.74) is 8.37. The van der Waals surface area contributed by atoms with Crippen LogP contribution in [0.3, 0.4) is 0 Å². The lowest BCUT2D eigenvalue weighted by Gasteiger charge is -2.08. The Morgan fingerprint density at radius 3 is 2.14 bits per heavy atom. The first-order valence-corrected chi connectivity index (χ1v) is 5.29. The number of carbonyl (C=O) groups excluding carboxylic acids is 1. The van der Waals surface area contributed by atoms with Crippen LogP contribution in [-0.2, 0) is 0 Å². The van der Waals surface area contributed by atoms with Crippen molar-refractivity contribution in [3.05, 3.63) is 33.3 Å². The highest BCUT2D eigenvalue weighted by molar-refractivity contribution is 9.10. The predicted octanol–water partition coefficient (Wildman–Crippen LogP) is 2.60. The Bertz CT molecular complexity index is 349. The van der Waals surface area contributed by atoms with Gasteiger partial charge in [-0.1, -0.05) is 15.9 Å². The van der Waals surface area contributed by atoms with Crippen molar-refractivity contribution in [2.75, 3.05) is 0 Å². The first kappa shape index (κ1) is 11.4. The molecular formula is C11H14BrNO. The lowest BCUT2D eigenvalue weighted by Crippen LogP contribution is -2.26. The number of Topliss-reactive ketones (excluding diaryl/α,β-unsaturated/α-hetero) is 1. The van der Waals surface area contributed by atoms with E-state index in [0.717, 1.165) is 15.6 Å². The average molecular weight is 256 g/mol. The van der Waals surface area contributed by atoms with Gasteiger partial charge in [0.05, 0.1) is 6.04 Å². The standard InChI is InChI=1S/C11H14BrNO/c1-6-4-9(11(14)8(3)13)5-7(2)10(6)12/h4-5,8H,13H2,1-3H3. The zero-order valence-electron chi connectivity index (χ0n) is 8.60. The van der Waals surface area contributed by atoms with Crippen LogP contribution in [0.15, 0.2) is 16.6 Å². The zero-order chi connectivity index (χ0) is 10.9. The molecule has 1 aromatic rings. The summed E-state index contributed by atoms with van der Waals surface area (Å²) in [6, 6.07) is 3.29. The number of aryl methyl sites for hydroxylation is 2. The van der Waals surface area contributed by atoms with E-state index in [1.54, 1.807) is 6.92 Å². The van der Waals surface area contributed by atoms with E-state index in [1.165, 1.54) is 0 Å². The monoisotopic (exact) mass is 255 g/mol. The van der Waals surface area contributed by atoms with E-state index in [4.69, 9.17) is 5.73 Å². The molecule has 1 rings (SSSR count).